The second-order valence-corrected chi connectivity index (χ2v) is 6.75. The van der Waals surface area contributed by atoms with Gasteiger partial charge in [0.05, 0.1) is 11.7 Å². The molecule has 0 aliphatic heterocycles. The highest BCUT2D eigenvalue weighted by molar-refractivity contribution is 7.18. The topological polar surface area (TPSA) is 64.0 Å². The van der Waals surface area contributed by atoms with E-state index in [2.05, 4.69) is 10.3 Å². The van der Waals surface area contributed by atoms with Gasteiger partial charge in [-0.15, -0.1) is 11.3 Å². The smallest absolute Gasteiger partial charge is 0.262 e. The first-order valence-electron chi connectivity index (χ1n) is 7.31. The van der Waals surface area contributed by atoms with Crippen molar-refractivity contribution in [3.05, 3.63) is 57.5 Å². The zero-order valence-electron chi connectivity index (χ0n) is 13.2. The summed E-state index contributed by atoms with van der Waals surface area (Å²) in [6.45, 7) is 5.56. The lowest BCUT2D eigenvalue weighted by molar-refractivity contribution is -0.118. The van der Waals surface area contributed by atoms with Crippen LogP contribution in [0.4, 0.5) is 5.69 Å². The van der Waals surface area contributed by atoms with Gasteiger partial charge in [0.1, 0.15) is 10.9 Å². The van der Waals surface area contributed by atoms with E-state index in [0.29, 0.717) is 10.2 Å². The molecule has 0 spiro atoms. The number of nitrogens with one attached hydrogen (secondary N) is 1. The minimum Gasteiger partial charge on any atom is -0.324 e. The Morgan fingerprint density at radius 3 is 2.78 bits per heavy atom. The SMILES string of the molecule is Cc1cc2c(=O)n(C(C)C(=O)Nc3ccccc3C)cnc2s1. The van der Waals surface area contributed by atoms with Gasteiger partial charge in [0.2, 0.25) is 5.91 Å². The molecule has 3 aromatic rings. The lowest BCUT2D eigenvalue weighted by atomic mass is 10.2. The molecule has 118 valence electrons. The molecule has 0 radical (unpaired) electrons. The van der Waals surface area contributed by atoms with Crippen molar-refractivity contribution < 1.29 is 4.79 Å². The molecule has 23 heavy (non-hydrogen) atoms. The highest BCUT2D eigenvalue weighted by Crippen LogP contribution is 2.20. The van der Waals surface area contributed by atoms with Gasteiger partial charge in [0.15, 0.2) is 0 Å². The molecule has 0 saturated carbocycles. The minimum absolute atomic E-state index is 0.188. The average Bonchev–Trinajstić information content (AvgIpc) is 2.91. The largest absolute Gasteiger partial charge is 0.324 e. The van der Waals surface area contributed by atoms with Gasteiger partial charge in [0, 0.05) is 10.6 Å². The second-order valence-electron chi connectivity index (χ2n) is 5.51. The molecule has 5 nitrogen and oxygen atoms in total. The number of anilines is 1. The molecule has 3 rings (SSSR count). The maximum absolute atomic E-state index is 12.6. The Labute approximate surface area is 137 Å². The Balaban J connectivity index is 1.92. The number of thiophene rings is 1. The van der Waals surface area contributed by atoms with Crippen molar-refractivity contribution in [2.75, 3.05) is 5.32 Å². The average molecular weight is 327 g/mol. The fraction of sp³-hybridized carbons (Fsp3) is 0.235. The van der Waals surface area contributed by atoms with Gasteiger partial charge < -0.3 is 5.32 Å². The third-order valence-electron chi connectivity index (χ3n) is 3.80. The summed E-state index contributed by atoms with van der Waals surface area (Å²) in [6.07, 6.45) is 1.45. The van der Waals surface area contributed by atoms with Gasteiger partial charge >= 0.3 is 0 Å². The van der Waals surface area contributed by atoms with E-state index in [4.69, 9.17) is 0 Å². The van der Waals surface area contributed by atoms with Gasteiger partial charge in [-0.2, -0.15) is 0 Å². The van der Waals surface area contributed by atoms with Crippen LogP contribution in [-0.2, 0) is 4.79 Å². The molecule has 1 atom stereocenters. The molecule has 1 unspecified atom stereocenters. The Kier molecular flexibility index (Phi) is 4.00. The summed E-state index contributed by atoms with van der Waals surface area (Å²) in [5.41, 5.74) is 1.53. The molecule has 0 saturated heterocycles. The number of aromatic nitrogens is 2. The third kappa shape index (κ3) is 2.90. The first-order valence-corrected chi connectivity index (χ1v) is 8.13. The summed E-state index contributed by atoms with van der Waals surface area (Å²) in [7, 11) is 0. The van der Waals surface area contributed by atoms with Crippen molar-refractivity contribution in [1.29, 1.82) is 0 Å². The molecule has 0 bridgehead atoms. The normalized spacial score (nSPS) is 12.3. The predicted molar refractivity (Wildman–Crippen MR) is 93.1 cm³/mol. The number of hydrogen-bond donors (Lipinski definition) is 1. The Morgan fingerprint density at radius 1 is 1.30 bits per heavy atom. The number of carbonyl (C=O) groups is 1. The van der Waals surface area contributed by atoms with Crippen LogP contribution in [0.2, 0.25) is 0 Å². The number of fused-ring (bicyclic) bond motifs is 1. The van der Waals surface area contributed by atoms with E-state index in [1.807, 2.05) is 44.2 Å². The monoisotopic (exact) mass is 327 g/mol. The van der Waals surface area contributed by atoms with Gasteiger partial charge in [0.25, 0.3) is 5.56 Å². The van der Waals surface area contributed by atoms with Crippen molar-refractivity contribution in [3.8, 4) is 0 Å². The lowest BCUT2D eigenvalue weighted by Gasteiger charge is -2.15. The van der Waals surface area contributed by atoms with Crippen molar-refractivity contribution in [3.63, 3.8) is 0 Å². The van der Waals surface area contributed by atoms with Crippen LogP contribution in [0.5, 0.6) is 0 Å². The summed E-state index contributed by atoms with van der Waals surface area (Å²) in [5, 5.41) is 3.43. The number of carbonyl (C=O) groups excluding carboxylic acids is 1. The molecule has 0 aliphatic carbocycles. The van der Waals surface area contributed by atoms with Crippen LogP contribution in [0.25, 0.3) is 10.2 Å². The summed E-state index contributed by atoms with van der Waals surface area (Å²) in [5.74, 6) is -0.241. The number of rotatable bonds is 3. The van der Waals surface area contributed by atoms with Crippen molar-refractivity contribution in [2.45, 2.75) is 26.8 Å². The summed E-state index contributed by atoms with van der Waals surface area (Å²) >= 11 is 1.47. The van der Waals surface area contributed by atoms with E-state index in [1.54, 1.807) is 6.92 Å². The summed E-state index contributed by atoms with van der Waals surface area (Å²) in [6, 6.07) is 8.72. The quantitative estimate of drug-likeness (QED) is 0.803. The van der Waals surface area contributed by atoms with E-state index in [9.17, 15) is 9.59 Å². The van der Waals surface area contributed by atoms with Gasteiger partial charge in [-0.3, -0.25) is 14.2 Å². The van der Waals surface area contributed by atoms with Crippen LogP contribution >= 0.6 is 11.3 Å². The van der Waals surface area contributed by atoms with Gasteiger partial charge in [-0.25, -0.2) is 4.98 Å². The molecule has 6 heteroatoms. The third-order valence-corrected chi connectivity index (χ3v) is 4.76. The molecule has 2 heterocycles. The molecule has 2 aromatic heterocycles. The van der Waals surface area contributed by atoms with E-state index < -0.39 is 6.04 Å². The maximum atomic E-state index is 12.6. The van der Waals surface area contributed by atoms with E-state index in [-0.39, 0.29) is 11.5 Å². The number of para-hydroxylation sites is 1. The van der Waals surface area contributed by atoms with E-state index >= 15 is 0 Å². The Morgan fingerprint density at radius 2 is 2.04 bits per heavy atom. The Bertz CT molecular complexity index is 942. The van der Waals surface area contributed by atoms with Crippen LogP contribution in [0.1, 0.15) is 23.4 Å². The predicted octanol–water partition coefficient (Wildman–Crippen LogP) is 3.27. The van der Waals surface area contributed by atoms with Crippen LogP contribution in [0.15, 0.2) is 41.5 Å². The fourth-order valence-electron chi connectivity index (χ4n) is 2.41. The molecule has 0 aliphatic rings. The van der Waals surface area contributed by atoms with E-state index in [0.717, 1.165) is 16.1 Å². The van der Waals surface area contributed by atoms with Crippen LogP contribution < -0.4 is 10.9 Å². The summed E-state index contributed by atoms with van der Waals surface area (Å²) < 4.78 is 1.38. The number of hydrogen-bond acceptors (Lipinski definition) is 4. The molecular formula is C17H17N3O2S. The fourth-order valence-corrected chi connectivity index (χ4v) is 3.25. The standard InChI is InChI=1S/C17H17N3O2S/c1-10-6-4-5-7-14(10)19-15(21)12(3)20-9-18-16-13(17(20)22)8-11(2)23-16/h4-9,12H,1-3H3,(H,19,21). The number of benzene rings is 1. The second kappa shape index (κ2) is 5.96. The lowest BCUT2D eigenvalue weighted by Crippen LogP contribution is -2.31. The van der Waals surface area contributed by atoms with Gasteiger partial charge in [-0.1, -0.05) is 18.2 Å². The van der Waals surface area contributed by atoms with Crippen LogP contribution in [0.3, 0.4) is 0 Å². The zero-order valence-corrected chi connectivity index (χ0v) is 14.0. The highest BCUT2D eigenvalue weighted by Gasteiger charge is 2.19. The zero-order chi connectivity index (χ0) is 16.6. The van der Waals surface area contributed by atoms with Crippen molar-refractivity contribution >= 4 is 33.1 Å². The number of aryl methyl sites for hydroxylation is 2. The molecular weight excluding hydrogens is 310 g/mol. The Hall–Kier alpha value is -2.47. The van der Waals surface area contributed by atoms with Crippen LogP contribution in [0, 0.1) is 13.8 Å². The molecule has 0 fully saturated rings. The van der Waals surface area contributed by atoms with Gasteiger partial charge in [-0.05, 0) is 38.5 Å². The van der Waals surface area contributed by atoms with Crippen molar-refractivity contribution in [1.82, 2.24) is 9.55 Å². The first kappa shape index (κ1) is 15.4. The first-order chi connectivity index (χ1) is 11.0. The highest BCUT2D eigenvalue weighted by atomic mass is 32.1. The maximum Gasteiger partial charge on any atom is 0.262 e. The molecule has 1 amide bonds. The minimum atomic E-state index is -0.640. The summed E-state index contributed by atoms with van der Waals surface area (Å²) in [4.78, 5) is 31.0. The van der Waals surface area contributed by atoms with E-state index in [1.165, 1.54) is 22.2 Å². The number of nitrogens with zero attached hydrogens (tertiary/aromatic N) is 2. The van der Waals surface area contributed by atoms with Crippen molar-refractivity contribution in [2.24, 2.45) is 0 Å². The van der Waals surface area contributed by atoms with Crippen LogP contribution in [-0.4, -0.2) is 15.5 Å². The molecule has 1 N–H and O–H groups in total. The molecule has 1 aromatic carbocycles. The number of amides is 1.